The van der Waals surface area contributed by atoms with Gasteiger partial charge in [-0.2, -0.15) is 5.26 Å². The molecule has 2 aromatic heterocycles. The van der Waals surface area contributed by atoms with Gasteiger partial charge in [0.2, 0.25) is 0 Å². The van der Waals surface area contributed by atoms with Crippen molar-refractivity contribution in [2.45, 2.75) is 12.5 Å². The number of hydrogen-bond acceptors (Lipinski definition) is 5. The Balaban J connectivity index is 1.53. The zero-order valence-corrected chi connectivity index (χ0v) is 16.9. The number of pyridine rings is 2. The molecule has 0 radical (unpaired) electrons. The number of carbonyl (C=O) groups excluding carboxylic acids is 1. The van der Waals surface area contributed by atoms with Crippen molar-refractivity contribution in [1.29, 1.82) is 5.26 Å². The summed E-state index contributed by atoms with van der Waals surface area (Å²) in [6.45, 7) is 0.941. The Labute approximate surface area is 182 Å². The van der Waals surface area contributed by atoms with Gasteiger partial charge in [-0.15, -0.1) is 0 Å². The molecule has 1 aliphatic rings. The van der Waals surface area contributed by atoms with Crippen LogP contribution >= 0.6 is 11.6 Å². The summed E-state index contributed by atoms with van der Waals surface area (Å²) >= 11 is 6.34. The quantitative estimate of drug-likeness (QED) is 0.621. The molecule has 1 N–H and O–H groups in total. The Morgan fingerprint density at radius 1 is 1.13 bits per heavy atom. The molecule has 3 aromatic rings. The predicted octanol–water partition coefficient (Wildman–Crippen LogP) is 4.03. The molecule has 0 saturated carbocycles. The fourth-order valence-corrected chi connectivity index (χ4v) is 3.68. The number of hydrogen-bond donors (Lipinski definition) is 1. The minimum Gasteiger partial charge on any atom is -0.346 e. The molecule has 4 rings (SSSR count). The smallest absolute Gasteiger partial charge is 0.273 e. The molecule has 1 fully saturated rings. The van der Waals surface area contributed by atoms with Crippen molar-refractivity contribution in [3.05, 3.63) is 71.1 Å². The van der Waals surface area contributed by atoms with Crippen LogP contribution in [0.15, 0.2) is 48.8 Å². The summed E-state index contributed by atoms with van der Waals surface area (Å²) in [5.41, 5.74) is 1.72. The second-order valence-corrected chi connectivity index (χ2v) is 7.53. The lowest BCUT2D eigenvalue weighted by atomic mass is 10.1. The van der Waals surface area contributed by atoms with Crippen LogP contribution in [-0.2, 0) is 0 Å². The third-order valence-corrected chi connectivity index (χ3v) is 5.30. The highest BCUT2D eigenvalue weighted by molar-refractivity contribution is 6.33. The van der Waals surface area contributed by atoms with E-state index in [1.54, 1.807) is 24.4 Å². The molecule has 0 bridgehead atoms. The zero-order valence-electron chi connectivity index (χ0n) is 16.1. The highest BCUT2D eigenvalue weighted by Gasteiger charge is 2.25. The highest BCUT2D eigenvalue weighted by Crippen LogP contribution is 2.30. The van der Waals surface area contributed by atoms with E-state index in [9.17, 15) is 13.6 Å². The van der Waals surface area contributed by atoms with Crippen molar-refractivity contribution in [3.63, 3.8) is 0 Å². The Kier molecular flexibility index (Phi) is 5.78. The number of nitrogens with zero attached hydrogens (tertiary/aromatic N) is 4. The molecular formula is C22H16ClF2N5O. The molecule has 1 aromatic carbocycles. The van der Waals surface area contributed by atoms with Gasteiger partial charge in [0.05, 0.1) is 10.7 Å². The molecule has 31 heavy (non-hydrogen) atoms. The van der Waals surface area contributed by atoms with Crippen LogP contribution in [0.3, 0.4) is 0 Å². The van der Waals surface area contributed by atoms with Gasteiger partial charge in [0, 0.05) is 42.7 Å². The summed E-state index contributed by atoms with van der Waals surface area (Å²) in [7, 11) is 0. The largest absolute Gasteiger partial charge is 0.346 e. The van der Waals surface area contributed by atoms with Crippen molar-refractivity contribution in [2.24, 2.45) is 0 Å². The maximum Gasteiger partial charge on any atom is 0.273 e. The number of benzene rings is 1. The second kappa shape index (κ2) is 8.66. The maximum atomic E-state index is 14.6. The summed E-state index contributed by atoms with van der Waals surface area (Å²) in [6, 6.07) is 8.46. The first kappa shape index (κ1) is 20.7. The molecule has 1 amide bonds. The monoisotopic (exact) mass is 439 g/mol. The molecular weight excluding hydrogens is 424 g/mol. The third-order valence-electron chi connectivity index (χ3n) is 5.01. The van der Waals surface area contributed by atoms with E-state index in [2.05, 4.69) is 15.3 Å². The Morgan fingerprint density at radius 2 is 1.87 bits per heavy atom. The average Bonchev–Trinajstić information content (AvgIpc) is 3.21. The van der Waals surface area contributed by atoms with Gasteiger partial charge in [0.1, 0.15) is 5.82 Å². The molecule has 6 nitrogen and oxygen atoms in total. The summed E-state index contributed by atoms with van der Waals surface area (Å²) in [5.74, 6) is -1.79. The van der Waals surface area contributed by atoms with Gasteiger partial charge in [-0.3, -0.25) is 9.78 Å². The van der Waals surface area contributed by atoms with Crippen LogP contribution in [0.2, 0.25) is 5.02 Å². The lowest BCUT2D eigenvalue weighted by Crippen LogP contribution is -2.37. The molecule has 1 aliphatic heterocycles. The van der Waals surface area contributed by atoms with Crippen molar-refractivity contribution in [1.82, 2.24) is 20.2 Å². The summed E-state index contributed by atoms with van der Waals surface area (Å²) in [4.78, 5) is 22.2. The van der Waals surface area contributed by atoms with E-state index in [1.165, 1.54) is 23.2 Å². The lowest BCUT2D eigenvalue weighted by molar-refractivity contribution is 0.0929. The fourth-order valence-electron chi connectivity index (χ4n) is 3.41. The first-order chi connectivity index (χ1) is 14.9. The number of rotatable bonds is 4. The normalized spacial score (nSPS) is 15.5. The van der Waals surface area contributed by atoms with Crippen LogP contribution in [0.1, 0.15) is 16.9 Å². The van der Waals surface area contributed by atoms with Crippen molar-refractivity contribution in [3.8, 4) is 28.6 Å². The van der Waals surface area contributed by atoms with Crippen molar-refractivity contribution in [2.75, 3.05) is 13.1 Å². The van der Waals surface area contributed by atoms with E-state index in [-0.39, 0.29) is 22.6 Å². The second-order valence-electron chi connectivity index (χ2n) is 7.12. The summed E-state index contributed by atoms with van der Waals surface area (Å²) in [5, 5.41) is 11.9. The first-order valence-electron chi connectivity index (χ1n) is 9.47. The summed E-state index contributed by atoms with van der Waals surface area (Å²) < 4.78 is 27.7. The predicted molar refractivity (Wildman–Crippen MR) is 111 cm³/mol. The van der Waals surface area contributed by atoms with Gasteiger partial charge >= 0.3 is 0 Å². The van der Waals surface area contributed by atoms with Gasteiger partial charge in [-0.1, -0.05) is 23.7 Å². The molecule has 0 aliphatic carbocycles. The average molecular weight is 440 g/mol. The third kappa shape index (κ3) is 4.47. The number of amides is 1. The van der Waals surface area contributed by atoms with Gasteiger partial charge < -0.3 is 10.2 Å². The fraction of sp³-hybridized carbons (Fsp3) is 0.182. The number of nitriles is 1. The Hall–Kier alpha value is -3.57. The van der Waals surface area contributed by atoms with Gasteiger partial charge in [-0.05, 0) is 36.2 Å². The molecule has 1 atom stereocenters. The number of halogens is 3. The van der Waals surface area contributed by atoms with Crippen molar-refractivity contribution < 1.29 is 13.6 Å². The van der Waals surface area contributed by atoms with E-state index in [1.807, 2.05) is 6.19 Å². The van der Waals surface area contributed by atoms with E-state index in [0.717, 1.165) is 11.6 Å². The molecule has 0 unspecified atom stereocenters. The standard InChI is InChI=1S/C22H16ClF2N5O/c23-18-7-14(13-1-3-16(24)4-2-13)9-27-20(18)15-8-19(25)21(28-10-15)22(31)29-17-5-6-30(11-17)12-26/h1-4,7-10,17H,5-6,11H2,(H,29,31)/t17-/m1/s1. The zero-order chi connectivity index (χ0) is 22.0. The van der Waals surface area contributed by atoms with Crippen LogP contribution in [0.5, 0.6) is 0 Å². The number of carbonyl (C=O) groups is 1. The molecule has 9 heteroatoms. The molecule has 156 valence electrons. The van der Waals surface area contributed by atoms with Crippen LogP contribution in [0.4, 0.5) is 8.78 Å². The van der Waals surface area contributed by atoms with Crippen molar-refractivity contribution >= 4 is 17.5 Å². The van der Waals surface area contributed by atoms with E-state index in [0.29, 0.717) is 36.3 Å². The molecule has 3 heterocycles. The van der Waals surface area contributed by atoms with Crippen LogP contribution in [0, 0.1) is 23.1 Å². The number of likely N-dealkylation sites (tertiary alicyclic amines) is 1. The van der Waals surface area contributed by atoms with Gasteiger partial charge in [0.15, 0.2) is 17.7 Å². The maximum absolute atomic E-state index is 14.6. The van der Waals surface area contributed by atoms with Gasteiger partial charge in [0.25, 0.3) is 5.91 Å². The first-order valence-corrected chi connectivity index (χ1v) is 9.85. The van der Waals surface area contributed by atoms with E-state index >= 15 is 0 Å². The summed E-state index contributed by atoms with van der Waals surface area (Å²) in [6.07, 6.45) is 5.52. The number of nitrogens with one attached hydrogen (secondary N) is 1. The Morgan fingerprint density at radius 3 is 2.52 bits per heavy atom. The Bertz CT molecular complexity index is 1180. The molecule has 1 saturated heterocycles. The minimum atomic E-state index is -0.800. The molecule has 0 spiro atoms. The minimum absolute atomic E-state index is 0.233. The van der Waals surface area contributed by atoms with Crippen LogP contribution < -0.4 is 5.32 Å². The van der Waals surface area contributed by atoms with Crippen LogP contribution in [0.25, 0.3) is 22.4 Å². The number of aromatic nitrogens is 2. The highest BCUT2D eigenvalue weighted by atomic mass is 35.5. The van der Waals surface area contributed by atoms with Gasteiger partial charge in [-0.25, -0.2) is 13.8 Å². The van der Waals surface area contributed by atoms with Crippen LogP contribution in [-0.4, -0.2) is 39.9 Å². The SMILES string of the molecule is N#CN1CC[C@@H](NC(=O)c2ncc(-c3ncc(-c4ccc(F)cc4)cc3Cl)cc2F)C1. The van der Waals surface area contributed by atoms with E-state index < -0.39 is 11.7 Å². The van der Waals surface area contributed by atoms with E-state index in [4.69, 9.17) is 16.9 Å². The topological polar surface area (TPSA) is 81.9 Å². The lowest BCUT2D eigenvalue weighted by Gasteiger charge is -2.13.